The van der Waals surface area contributed by atoms with E-state index < -0.39 is 0 Å². The van der Waals surface area contributed by atoms with Crippen LogP contribution in [0.3, 0.4) is 0 Å². The second-order valence-corrected chi connectivity index (χ2v) is 8.53. The highest BCUT2D eigenvalue weighted by Gasteiger charge is 2.40. The summed E-state index contributed by atoms with van der Waals surface area (Å²) in [6.07, 6.45) is 3.20. The molecule has 2 N–H and O–H groups in total. The van der Waals surface area contributed by atoms with E-state index in [1.165, 1.54) is 11.1 Å². The third kappa shape index (κ3) is 3.59. The standard InChI is InChI=1S/C24H30N4O/c1-17-26-23-9-5-6-10-24(23)28(17)19-13-20-15-29-16-21(14-19)27(20)12-11-22(25)18-7-3-2-4-8-18/h2-10,19-22H,11-16,25H2,1H3/t19-,20-,21+,22-/m0/s1. The molecule has 2 fully saturated rings. The SMILES string of the molecule is Cc1nc2ccccc2n1[C@H]1C[C@H]2COC[C@@H](C1)N2CC[C@H](N)c1ccccc1. The fourth-order valence-electron chi connectivity index (χ4n) is 5.32. The fraction of sp³-hybridized carbons (Fsp3) is 0.458. The van der Waals surface area contributed by atoms with Crippen molar-refractivity contribution in [2.24, 2.45) is 5.73 Å². The molecule has 0 aliphatic carbocycles. The Balaban J connectivity index is 1.32. The molecule has 0 unspecified atom stereocenters. The number of aromatic nitrogens is 2. The molecule has 3 heterocycles. The lowest BCUT2D eigenvalue weighted by Crippen LogP contribution is -2.57. The zero-order valence-electron chi connectivity index (χ0n) is 17.1. The Bertz CT molecular complexity index is 955. The Labute approximate surface area is 172 Å². The minimum Gasteiger partial charge on any atom is -0.378 e. The summed E-state index contributed by atoms with van der Waals surface area (Å²) in [5, 5.41) is 0. The minimum absolute atomic E-state index is 0.0930. The van der Waals surface area contributed by atoms with Crippen molar-refractivity contribution in [2.45, 2.75) is 50.4 Å². The number of nitrogens with two attached hydrogens (primary N) is 1. The third-order valence-electron chi connectivity index (χ3n) is 6.71. The molecule has 2 bridgehead atoms. The predicted molar refractivity (Wildman–Crippen MR) is 116 cm³/mol. The lowest BCUT2D eigenvalue weighted by Gasteiger charge is -2.49. The molecule has 0 amide bonds. The van der Waals surface area contributed by atoms with Crippen LogP contribution < -0.4 is 5.73 Å². The van der Waals surface area contributed by atoms with E-state index in [9.17, 15) is 0 Å². The van der Waals surface area contributed by atoms with Crippen LogP contribution in [0.2, 0.25) is 0 Å². The molecule has 0 saturated carbocycles. The summed E-state index contributed by atoms with van der Waals surface area (Å²) in [5.41, 5.74) is 10.1. The maximum absolute atomic E-state index is 6.48. The van der Waals surface area contributed by atoms with Crippen LogP contribution in [0.15, 0.2) is 54.6 Å². The van der Waals surface area contributed by atoms with E-state index in [0.717, 1.165) is 50.4 Å². The molecule has 0 radical (unpaired) electrons. The van der Waals surface area contributed by atoms with Gasteiger partial charge in [-0.1, -0.05) is 42.5 Å². The van der Waals surface area contributed by atoms with E-state index >= 15 is 0 Å². The molecule has 1 aromatic heterocycles. The monoisotopic (exact) mass is 390 g/mol. The Morgan fingerprint density at radius 1 is 1.00 bits per heavy atom. The van der Waals surface area contributed by atoms with Gasteiger partial charge in [-0.3, -0.25) is 4.90 Å². The summed E-state index contributed by atoms with van der Waals surface area (Å²) in [6.45, 7) is 4.81. The molecular weight excluding hydrogens is 360 g/mol. The van der Waals surface area contributed by atoms with Crippen molar-refractivity contribution >= 4 is 11.0 Å². The van der Waals surface area contributed by atoms with Crippen LogP contribution in [0.1, 0.15) is 42.7 Å². The largest absolute Gasteiger partial charge is 0.378 e. The molecule has 2 aliphatic rings. The number of rotatable bonds is 5. The summed E-state index contributed by atoms with van der Waals surface area (Å²) in [4.78, 5) is 7.46. The third-order valence-corrected chi connectivity index (χ3v) is 6.71. The molecule has 2 aromatic carbocycles. The predicted octanol–water partition coefficient (Wildman–Crippen LogP) is 3.84. The number of hydrogen-bond donors (Lipinski definition) is 1. The first-order valence-corrected chi connectivity index (χ1v) is 10.8. The Morgan fingerprint density at radius 3 is 2.45 bits per heavy atom. The highest BCUT2D eigenvalue weighted by Crippen LogP contribution is 2.37. The number of imidazole rings is 1. The van der Waals surface area contributed by atoms with Gasteiger partial charge in [0.15, 0.2) is 0 Å². The molecule has 152 valence electrons. The summed E-state index contributed by atoms with van der Waals surface area (Å²) >= 11 is 0. The summed E-state index contributed by atoms with van der Waals surface area (Å²) in [5.74, 6) is 1.12. The summed E-state index contributed by atoms with van der Waals surface area (Å²) in [7, 11) is 0. The summed E-state index contributed by atoms with van der Waals surface area (Å²) < 4.78 is 8.41. The molecular formula is C24H30N4O. The number of benzene rings is 2. The van der Waals surface area contributed by atoms with Crippen molar-refractivity contribution in [3.63, 3.8) is 0 Å². The van der Waals surface area contributed by atoms with Crippen LogP contribution in [-0.4, -0.2) is 46.3 Å². The minimum atomic E-state index is 0.0930. The van der Waals surface area contributed by atoms with Gasteiger partial charge in [0.05, 0.1) is 24.2 Å². The quantitative estimate of drug-likeness (QED) is 0.719. The molecule has 2 saturated heterocycles. The number of para-hydroxylation sites is 2. The van der Waals surface area contributed by atoms with Gasteiger partial charge >= 0.3 is 0 Å². The van der Waals surface area contributed by atoms with Crippen molar-refractivity contribution in [3.8, 4) is 0 Å². The molecule has 29 heavy (non-hydrogen) atoms. The van der Waals surface area contributed by atoms with Gasteiger partial charge in [0.1, 0.15) is 5.82 Å². The lowest BCUT2D eigenvalue weighted by atomic mass is 9.89. The highest BCUT2D eigenvalue weighted by molar-refractivity contribution is 5.76. The van der Waals surface area contributed by atoms with E-state index in [-0.39, 0.29) is 6.04 Å². The first-order valence-electron chi connectivity index (χ1n) is 10.8. The van der Waals surface area contributed by atoms with Crippen LogP contribution in [0.5, 0.6) is 0 Å². The second kappa shape index (κ2) is 7.90. The maximum Gasteiger partial charge on any atom is 0.106 e. The summed E-state index contributed by atoms with van der Waals surface area (Å²) in [6, 6.07) is 20.4. The zero-order valence-corrected chi connectivity index (χ0v) is 17.1. The van der Waals surface area contributed by atoms with Crippen LogP contribution in [0.25, 0.3) is 11.0 Å². The first kappa shape index (κ1) is 18.8. The number of hydrogen-bond acceptors (Lipinski definition) is 4. The smallest absolute Gasteiger partial charge is 0.106 e. The number of fused-ring (bicyclic) bond motifs is 3. The number of aryl methyl sites for hydroxylation is 1. The Morgan fingerprint density at radius 2 is 1.69 bits per heavy atom. The fourth-order valence-corrected chi connectivity index (χ4v) is 5.32. The average Bonchev–Trinajstić information content (AvgIpc) is 3.07. The van der Waals surface area contributed by atoms with Crippen molar-refractivity contribution in [2.75, 3.05) is 19.8 Å². The average molecular weight is 391 g/mol. The van der Waals surface area contributed by atoms with Crippen molar-refractivity contribution in [3.05, 3.63) is 66.0 Å². The van der Waals surface area contributed by atoms with Gasteiger partial charge in [-0.15, -0.1) is 0 Å². The topological polar surface area (TPSA) is 56.3 Å². The number of ether oxygens (including phenoxy) is 1. The van der Waals surface area contributed by atoms with Crippen molar-refractivity contribution in [1.82, 2.24) is 14.5 Å². The van der Waals surface area contributed by atoms with Crippen LogP contribution in [0.4, 0.5) is 0 Å². The number of piperidine rings is 1. The number of morpholine rings is 1. The van der Waals surface area contributed by atoms with Crippen LogP contribution >= 0.6 is 0 Å². The second-order valence-electron chi connectivity index (χ2n) is 8.53. The molecule has 3 aromatic rings. The van der Waals surface area contributed by atoms with Gasteiger partial charge in [-0.25, -0.2) is 4.98 Å². The van der Waals surface area contributed by atoms with Gasteiger partial charge in [0.2, 0.25) is 0 Å². The van der Waals surface area contributed by atoms with E-state index in [0.29, 0.717) is 18.1 Å². The highest BCUT2D eigenvalue weighted by atomic mass is 16.5. The van der Waals surface area contributed by atoms with Crippen LogP contribution in [-0.2, 0) is 4.74 Å². The van der Waals surface area contributed by atoms with E-state index in [4.69, 9.17) is 15.5 Å². The Kier molecular flexibility index (Phi) is 5.12. The Hall–Kier alpha value is -2.21. The van der Waals surface area contributed by atoms with Gasteiger partial charge in [0, 0.05) is 30.7 Å². The van der Waals surface area contributed by atoms with Crippen molar-refractivity contribution < 1.29 is 4.74 Å². The van der Waals surface area contributed by atoms with E-state index in [1.807, 2.05) is 6.07 Å². The zero-order chi connectivity index (χ0) is 19.8. The lowest BCUT2D eigenvalue weighted by molar-refractivity contribution is -0.0857. The van der Waals surface area contributed by atoms with Gasteiger partial charge in [-0.2, -0.15) is 0 Å². The van der Waals surface area contributed by atoms with E-state index in [2.05, 4.69) is 64.9 Å². The van der Waals surface area contributed by atoms with Crippen molar-refractivity contribution in [1.29, 1.82) is 0 Å². The first-order chi connectivity index (χ1) is 14.2. The normalized spacial score (nSPS) is 25.9. The molecule has 5 rings (SSSR count). The van der Waals surface area contributed by atoms with E-state index in [1.54, 1.807) is 0 Å². The molecule has 2 aliphatic heterocycles. The molecule has 0 spiro atoms. The number of nitrogens with zero attached hydrogens (tertiary/aromatic N) is 3. The molecule has 4 atom stereocenters. The van der Waals surface area contributed by atoms with Crippen LogP contribution in [0, 0.1) is 6.92 Å². The van der Waals surface area contributed by atoms with Gasteiger partial charge < -0.3 is 15.0 Å². The maximum atomic E-state index is 6.48. The molecule has 5 nitrogen and oxygen atoms in total. The van der Waals surface area contributed by atoms with Gasteiger partial charge in [-0.05, 0) is 43.9 Å². The molecule has 5 heteroatoms. The van der Waals surface area contributed by atoms with Gasteiger partial charge in [0.25, 0.3) is 0 Å².